The van der Waals surface area contributed by atoms with Crippen molar-refractivity contribution in [3.63, 3.8) is 0 Å². The minimum Gasteiger partial charge on any atom is -0.465 e. The summed E-state index contributed by atoms with van der Waals surface area (Å²) in [4.78, 5) is 51.2. The molecule has 8 heteroatoms. The Morgan fingerprint density at radius 3 is 1.78 bits per heavy atom. The zero-order valence-corrected chi connectivity index (χ0v) is 25.7. The van der Waals surface area contributed by atoms with E-state index in [1.54, 1.807) is 31.2 Å². The quantitative estimate of drug-likeness (QED) is 0.148. The van der Waals surface area contributed by atoms with E-state index in [1.807, 2.05) is 46.8 Å². The third kappa shape index (κ3) is 9.03. The first-order valence-electron chi connectivity index (χ1n) is 13.3. The third-order valence-electron chi connectivity index (χ3n) is 5.61. The van der Waals surface area contributed by atoms with Gasteiger partial charge in [-0.05, 0) is 47.2 Å². The lowest BCUT2D eigenvalue weighted by Gasteiger charge is -2.18. The number of rotatable bonds is 8. The molecule has 0 N–H and O–H groups in total. The van der Waals surface area contributed by atoms with E-state index in [4.69, 9.17) is 18.9 Å². The van der Waals surface area contributed by atoms with Gasteiger partial charge in [-0.25, -0.2) is 19.2 Å². The Labute approximate surface area is 243 Å². The van der Waals surface area contributed by atoms with E-state index in [0.29, 0.717) is 5.57 Å². The number of allylic oxidation sites excluding steroid dienone is 7. The van der Waals surface area contributed by atoms with Crippen LogP contribution in [0, 0.1) is 5.92 Å². The van der Waals surface area contributed by atoms with Crippen LogP contribution in [0.15, 0.2) is 72.4 Å². The van der Waals surface area contributed by atoms with E-state index in [0.717, 1.165) is 0 Å². The summed E-state index contributed by atoms with van der Waals surface area (Å²) < 4.78 is 19.9. The van der Waals surface area contributed by atoms with Crippen molar-refractivity contribution in [2.45, 2.75) is 41.5 Å². The number of ether oxygens (including phenoxy) is 4. The Kier molecular flexibility index (Phi) is 16.7. The molecule has 0 saturated heterocycles. The summed E-state index contributed by atoms with van der Waals surface area (Å²) in [5.41, 5.74) is 1.39. The van der Waals surface area contributed by atoms with Crippen molar-refractivity contribution >= 4 is 35.0 Å². The molecule has 2 rings (SSSR count). The molecule has 0 saturated carbocycles. The lowest BCUT2D eigenvalue weighted by atomic mass is 9.87. The number of benzene rings is 1. The Morgan fingerprint density at radius 2 is 1.29 bits per heavy atom. The molecule has 1 aromatic carbocycles. The second-order valence-electron chi connectivity index (χ2n) is 7.85. The number of methoxy groups -OCH3 is 4. The predicted octanol–water partition coefficient (Wildman–Crippen LogP) is 6.69. The van der Waals surface area contributed by atoms with Crippen molar-refractivity contribution in [3.05, 3.63) is 94.6 Å². The smallest absolute Gasteiger partial charge is 0.338 e. The molecule has 0 heterocycles. The largest absolute Gasteiger partial charge is 0.465 e. The standard InChI is InChI=1S/C29H30O8.2C2H6/c1-8-10-19(18(9-2)26(30)34-4)22-15-25(29(33)37-7)23(16-24(22)28(32)36-6)20-13-11-17(3)12-14-21(20)27(31)35-5;2*1-2/h8-17H,2H2,1,3-7H3;2*1-2H3/b10-8-,19-18-;;. The highest BCUT2D eigenvalue weighted by Gasteiger charge is 2.27. The molecule has 0 aliphatic heterocycles. The Morgan fingerprint density at radius 1 is 0.756 bits per heavy atom. The number of hydrogen-bond donors (Lipinski definition) is 0. The molecule has 0 bridgehead atoms. The van der Waals surface area contributed by atoms with Gasteiger partial charge in [0.15, 0.2) is 0 Å². The molecule has 1 aromatic rings. The Hall–Kier alpha value is -4.46. The van der Waals surface area contributed by atoms with Crippen molar-refractivity contribution in [1.82, 2.24) is 0 Å². The van der Waals surface area contributed by atoms with Gasteiger partial charge < -0.3 is 18.9 Å². The van der Waals surface area contributed by atoms with Crippen molar-refractivity contribution in [3.8, 4) is 0 Å². The van der Waals surface area contributed by atoms with Crippen molar-refractivity contribution in [2.24, 2.45) is 5.92 Å². The van der Waals surface area contributed by atoms with Crippen LogP contribution < -0.4 is 0 Å². The Balaban J connectivity index is 0.00000382. The molecule has 1 aliphatic rings. The molecule has 1 atom stereocenters. The van der Waals surface area contributed by atoms with E-state index >= 15 is 0 Å². The summed E-state index contributed by atoms with van der Waals surface area (Å²) in [5.74, 6) is -2.79. The molecule has 8 nitrogen and oxygen atoms in total. The van der Waals surface area contributed by atoms with Gasteiger partial charge in [0, 0.05) is 0 Å². The van der Waals surface area contributed by atoms with Crippen LogP contribution in [-0.4, -0.2) is 52.3 Å². The van der Waals surface area contributed by atoms with Crippen LogP contribution in [0.2, 0.25) is 0 Å². The fraction of sp³-hybridized carbons (Fsp3) is 0.333. The van der Waals surface area contributed by atoms with Gasteiger partial charge in [-0.3, -0.25) is 0 Å². The van der Waals surface area contributed by atoms with Crippen molar-refractivity contribution in [2.75, 3.05) is 28.4 Å². The number of hydrogen-bond acceptors (Lipinski definition) is 8. The number of carbonyl (C=O) groups is 4. The first kappa shape index (κ1) is 36.5. The number of carbonyl (C=O) groups excluding carboxylic acids is 4. The van der Waals surface area contributed by atoms with E-state index in [2.05, 4.69) is 6.58 Å². The van der Waals surface area contributed by atoms with Crippen molar-refractivity contribution < 1.29 is 38.1 Å². The minimum absolute atomic E-state index is 0.0162. The summed E-state index contributed by atoms with van der Waals surface area (Å²) in [6.07, 6.45) is 11.5. The van der Waals surface area contributed by atoms with Crippen LogP contribution in [0.4, 0.5) is 0 Å². The van der Waals surface area contributed by atoms with Crippen LogP contribution in [0.5, 0.6) is 0 Å². The first-order chi connectivity index (χ1) is 19.7. The van der Waals surface area contributed by atoms with Crippen LogP contribution in [-0.2, 0) is 28.5 Å². The lowest BCUT2D eigenvalue weighted by Crippen LogP contribution is -2.14. The highest BCUT2D eigenvalue weighted by Crippen LogP contribution is 2.35. The van der Waals surface area contributed by atoms with E-state index in [1.165, 1.54) is 46.6 Å². The van der Waals surface area contributed by atoms with Crippen LogP contribution in [0.3, 0.4) is 0 Å². The van der Waals surface area contributed by atoms with Crippen LogP contribution >= 0.6 is 0 Å². The molecule has 0 fully saturated rings. The van der Waals surface area contributed by atoms with E-state index < -0.39 is 23.9 Å². The van der Waals surface area contributed by atoms with E-state index in [9.17, 15) is 19.2 Å². The summed E-state index contributed by atoms with van der Waals surface area (Å²) in [5, 5.41) is 0. The molecule has 0 radical (unpaired) electrons. The minimum atomic E-state index is -0.732. The summed E-state index contributed by atoms with van der Waals surface area (Å²) in [6.45, 7) is 15.3. The zero-order chi connectivity index (χ0) is 31.7. The fourth-order valence-electron chi connectivity index (χ4n) is 3.77. The van der Waals surface area contributed by atoms with Gasteiger partial charge in [-0.15, -0.1) is 0 Å². The second kappa shape index (κ2) is 18.8. The average Bonchev–Trinajstić information content (AvgIpc) is 3.22. The summed E-state index contributed by atoms with van der Waals surface area (Å²) in [6, 6.07) is 2.85. The van der Waals surface area contributed by atoms with Gasteiger partial charge in [0.05, 0.1) is 50.7 Å². The molecule has 0 aromatic heterocycles. The maximum Gasteiger partial charge on any atom is 0.338 e. The summed E-state index contributed by atoms with van der Waals surface area (Å²) >= 11 is 0. The molecule has 41 heavy (non-hydrogen) atoms. The molecule has 1 unspecified atom stereocenters. The lowest BCUT2D eigenvalue weighted by molar-refractivity contribution is -0.136. The van der Waals surface area contributed by atoms with Crippen LogP contribution in [0.25, 0.3) is 11.1 Å². The maximum atomic E-state index is 13.0. The monoisotopic (exact) mass is 566 g/mol. The molecule has 1 aliphatic carbocycles. The predicted molar refractivity (Wildman–Crippen MR) is 162 cm³/mol. The third-order valence-corrected chi connectivity index (χ3v) is 5.61. The summed E-state index contributed by atoms with van der Waals surface area (Å²) in [7, 11) is 4.90. The van der Waals surface area contributed by atoms with Crippen LogP contribution in [0.1, 0.15) is 73.4 Å². The van der Waals surface area contributed by atoms with Gasteiger partial charge in [-0.1, -0.05) is 83.7 Å². The van der Waals surface area contributed by atoms with Gasteiger partial charge in [0.25, 0.3) is 0 Å². The van der Waals surface area contributed by atoms with Crippen molar-refractivity contribution in [1.29, 1.82) is 0 Å². The topological polar surface area (TPSA) is 105 Å². The highest BCUT2D eigenvalue weighted by atomic mass is 16.5. The SMILES string of the molecule is C=C/C(C(=O)OC)=C(\C=C/C)c1cc(C(=O)OC)c(C2=C(C(=O)OC)C=CC(C)C=C2)cc1C(=O)OC.CC.CC. The van der Waals surface area contributed by atoms with Gasteiger partial charge in [-0.2, -0.15) is 0 Å². The molecule has 222 valence electrons. The van der Waals surface area contributed by atoms with Gasteiger partial charge in [0.2, 0.25) is 0 Å². The van der Waals surface area contributed by atoms with E-state index in [-0.39, 0.29) is 44.9 Å². The molecular weight excluding hydrogens is 524 g/mol. The molecule has 0 amide bonds. The fourth-order valence-corrected chi connectivity index (χ4v) is 3.77. The zero-order valence-electron chi connectivity index (χ0n) is 25.7. The van der Waals surface area contributed by atoms with Gasteiger partial charge in [0.1, 0.15) is 0 Å². The highest BCUT2D eigenvalue weighted by molar-refractivity contribution is 6.11. The normalized spacial score (nSPS) is 14.3. The first-order valence-corrected chi connectivity index (χ1v) is 13.3. The molecular formula is C33H42O8. The second-order valence-corrected chi connectivity index (χ2v) is 7.85. The van der Waals surface area contributed by atoms with Gasteiger partial charge >= 0.3 is 23.9 Å². The number of esters is 4. The average molecular weight is 567 g/mol. The Bertz CT molecular complexity index is 1270. The maximum absolute atomic E-state index is 13.0. The molecule has 0 spiro atoms.